The van der Waals surface area contributed by atoms with Gasteiger partial charge in [-0.2, -0.15) is 0 Å². The number of rotatable bonds is 3. The van der Waals surface area contributed by atoms with E-state index in [-0.39, 0.29) is 12.4 Å². The number of hydrogen-bond acceptors (Lipinski definition) is 4. The minimum absolute atomic E-state index is 0. The maximum absolute atomic E-state index is 11.7. The van der Waals surface area contributed by atoms with Crippen molar-refractivity contribution in [1.29, 1.82) is 0 Å². The van der Waals surface area contributed by atoms with Gasteiger partial charge >= 0.3 is 0 Å². The van der Waals surface area contributed by atoms with Crippen LogP contribution in [0.1, 0.15) is 6.42 Å². The Kier molecular flexibility index (Phi) is 5.01. The van der Waals surface area contributed by atoms with Gasteiger partial charge in [-0.05, 0) is 25.4 Å². The molecule has 2 rings (SSSR count). The van der Waals surface area contributed by atoms with Crippen molar-refractivity contribution in [3.05, 3.63) is 11.6 Å². The molecule has 1 fully saturated rings. The molecule has 2 heterocycles. The lowest BCUT2D eigenvalue weighted by molar-refractivity contribution is 0.632. The highest BCUT2D eigenvalue weighted by Gasteiger charge is 2.18. The topological polar surface area (TPSA) is 42.0 Å². The van der Waals surface area contributed by atoms with Crippen LogP contribution in [0.5, 0.6) is 0 Å². The van der Waals surface area contributed by atoms with Crippen LogP contribution in [0.4, 0.5) is 0 Å². The molecule has 0 bridgehead atoms. The zero-order valence-electron chi connectivity index (χ0n) is 7.64. The molecular weight excluding hydrogens is 240 g/mol. The summed E-state index contributed by atoms with van der Waals surface area (Å²) in [4.78, 5) is 4.06. The van der Waals surface area contributed by atoms with E-state index in [2.05, 4.69) is 10.3 Å². The summed E-state index contributed by atoms with van der Waals surface area (Å²) < 4.78 is 12.5. The molecule has 0 saturated carbocycles. The minimum Gasteiger partial charge on any atom is -0.316 e. The van der Waals surface area contributed by atoms with Crippen molar-refractivity contribution >= 4 is 34.5 Å². The summed E-state index contributed by atoms with van der Waals surface area (Å²) in [5, 5.41) is 5.15. The highest BCUT2D eigenvalue weighted by molar-refractivity contribution is 7.87. The van der Waals surface area contributed by atoms with E-state index in [1.165, 1.54) is 11.3 Å². The fourth-order valence-corrected chi connectivity index (χ4v) is 3.66. The second-order valence-corrected chi connectivity index (χ2v) is 5.73. The van der Waals surface area contributed by atoms with Gasteiger partial charge in [0, 0.05) is 17.3 Å². The van der Waals surface area contributed by atoms with E-state index in [1.54, 1.807) is 6.20 Å². The molecule has 0 spiro atoms. The average molecular weight is 253 g/mol. The Labute approximate surface area is 96.2 Å². The van der Waals surface area contributed by atoms with E-state index in [4.69, 9.17) is 0 Å². The number of nitrogens with one attached hydrogen (secondary N) is 1. The van der Waals surface area contributed by atoms with E-state index in [0.29, 0.717) is 5.92 Å². The maximum atomic E-state index is 11.7. The summed E-state index contributed by atoms with van der Waals surface area (Å²) >= 11 is 1.48. The van der Waals surface area contributed by atoms with Crippen LogP contribution in [0.2, 0.25) is 0 Å². The lowest BCUT2D eigenvalue weighted by atomic mass is 10.2. The number of hydrogen-bond donors (Lipinski definition) is 1. The third-order valence-electron chi connectivity index (χ3n) is 2.15. The zero-order valence-corrected chi connectivity index (χ0v) is 10.1. The standard InChI is InChI=1S/C8H12N2OS2.ClH/c11-13(8-10-3-4-12-8)6-7-1-2-9-5-7;/h3-4,7,9H,1-2,5-6H2;1H. The van der Waals surface area contributed by atoms with Crippen molar-refractivity contribution in [2.45, 2.75) is 10.8 Å². The Bertz CT molecular complexity index is 286. The highest BCUT2D eigenvalue weighted by atomic mass is 35.5. The number of thiazole rings is 1. The van der Waals surface area contributed by atoms with E-state index in [1.807, 2.05) is 5.38 Å². The Morgan fingerprint density at radius 3 is 3.14 bits per heavy atom. The van der Waals surface area contributed by atoms with Crippen LogP contribution in [0.15, 0.2) is 15.9 Å². The van der Waals surface area contributed by atoms with Crippen LogP contribution in [-0.2, 0) is 10.8 Å². The molecule has 6 heteroatoms. The van der Waals surface area contributed by atoms with Crippen molar-refractivity contribution in [3.63, 3.8) is 0 Å². The van der Waals surface area contributed by atoms with Crippen molar-refractivity contribution in [3.8, 4) is 0 Å². The SMILES string of the molecule is Cl.O=S(CC1CCNC1)c1nccs1. The average Bonchev–Trinajstić information content (AvgIpc) is 2.74. The molecule has 80 valence electrons. The minimum atomic E-state index is -0.875. The molecule has 1 aliphatic rings. The molecule has 1 aliphatic heterocycles. The quantitative estimate of drug-likeness (QED) is 0.881. The second kappa shape index (κ2) is 5.80. The molecule has 0 aromatic carbocycles. The summed E-state index contributed by atoms with van der Waals surface area (Å²) in [6.07, 6.45) is 2.86. The summed E-state index contributed by atoms with van der Waals surface area (Å²) in [5.41, 5.74) is 0. The first-order chi connectivity index (χ1) is 6.36. The molecule has 3 nitrogen and oxygen atoms in total. The molecule has 2 unspecified atom stereocenters. The number of nitrogens with zero attached hydrogens (tertiary/aromatic N) is 1. The maximum Gasteiger partial charge on any atom is 0.180 e. The van der Waals surface area contributed by atoms with E-state index in [9.17, 15) is 4.21 Å². The molecule has 14 heavy (non-hydrogen) atoms. The normalized spacial score (nSPS) is 23.0. The molecule has 0 radical (unpaired) electrons. The van der Waals surface area contributed by atoms with Gasteiger partial charge in [-0.3, -0.25) is 4.21 Å². The van der Waals surface area contributed by atoms with Gasteiger partial charge in [0.15, 0.2) is 4.34 Å². The van der Waals surface area contributed by atoms with Crippen molar-refractivity contribution < 1.29 is 4.21 Å². The van der Waals surface area contributed by atoms with Crippen LogP contribution in [0.25, 0.3) is 0 Å². The van der Waals surface area contributed by atoms with Crippen LogP contribution in [0.3, 0.4) is 0 Å². The van der Waals surface area contributed by atoms with Gasteiger partial charge in [0.2, 0.25) is 0 Å². The summed E-state index contributed by atoms with van der Waals surface area (Å²) in [7, 11) is -0.875. The van der Waals surface area contributed by atoms with Crippen molar-refractivity contribution in [2.24, 2.45) is 5.92 Å². The van der Waals surface area contributed by atoms with Crippen LogP contribution < -0.4 is 5.32 Å². The summed E-state index contributed by atoms with van der Waals surface area (Å²) in [5.74, 6) is 1.34. The molecule has 1 saturated heterocycles. The van der Waals surface area contributed by atoms with E-state index >= 15 is 0 Å². The highest BCUT2D eigenvalue weighted by Crippen LogP contribution is 2.15. The first-order valence-electron chi connectivity index (χ1n) is 4.35. The van der Waals surface area contributed by atoms with Gasteiger partial charge in [0.1, 0.15) is 0 Å². The number of aromatic nitrogens is 1. The summed E-state index contributed by atoms with van der Waals surface area (Å²) in [6.45, 7) is 2.08. The lowest BCUT2D eigenvalue weighted by Crippen LogP contribution is -2.14. The molecule has 1 aromatic heterocycles. The van der Waals surface area contributed by atoms with Crippen LogP contribution in [0, 0.1) is 5.92 Å². The molecular formula is C8H13ClN2OS2. The van der Waals surface area contributed by atoms with E-state index < -0.39 is 10.8 Å². The fraction of sp³-hybridized carbons (Fsp3) is 0.625. The predicted molar refractivity (Wildman–Crippen MR) is 61.6 cm³/mol. The largest absolute Gasteiger partial charge is 0.316 e. The van der Waals surface area contributed by atoms with Gasteiger partial charge in [-0.1, -0.05) is 0 Å². The van der Waals surface area contributed by atoms with Gasteiger partial charge in [-0.15, -0.1) is 23.7 Å². The Hall–Kier alpha value is 0.0300. The first-order valence-corrected chi connectivity index (χ1v) is 6.54. The Balaban J connectivity index is 0.000000980. The van der Waals surface area contributed by atoms with Crippen LogP contribution >= 0.6 is 23.7 Å². The van der Waals surface area contributed by atoms with Crippen molar-refractivity contribution in [1.82, 2.24) is 10.3 Å². The third kappa shape index (κ3) is 3.02. The number of halogens is 1. The molecule has 0 aliphatic carbocycles. The molecule has 0 amide bonds. The molecule has 1 aromatic rings. The van der Waals surface area contributed by atoms with Gasteiger partial charge in [-0.25, -0.2) is 4.98 Å². The Morgan fingerprint density at radius 1 is 1.71 bits per heavy atom. The smallest absolute Gasteiger partial charge is 0.180 e. The first kappa shape index (κ1) is 12.1. The molecule has 1 N–H and O–H groups in total. The Morgan fingerprint density at radius 2 is 2.57 bits per heavy atom. The van der Waals surface area contributed by atoms with E-state index in [0.717, 1.165) is 29.6 Å². The monoisotopic (exact) mass is 252 g/mol. The lowest BCUT2D eigenvalue weighted by Gasteiger charge is -2.04. The fourth-order valence-electron chi connectivity index (χ4n) is 1.46. The second-order valence-electron chi connectivity index (χ2n) is 3.17. The zero-order chi connectivity index (χ0) is 9.10. The predicted octanol–water partition coefficient (Wildman–Crippen LogP) is 1.28. The molecule has 2 atom stereocenters. The van der Waals surface area contributed by atoms with Crippen molar-refractivity contribution in [2.75, 3.05) is 18.8 Å². The van der Waals surface area contributed by atoms with Gasteiger partial charge in [0.25, 0.3) is 0 Å². The van der Waals surface area contributed by atoms with Gasteiger partial charge < -0.3 is 5.32 Å². The third-order valence-corrected chi connectivity index (χ3v) is 4.83. The summed E-state index contributed by atoms with van der Waals surface area (Å²) in [6, 6.07) is 0. The van der Waals surface area contributed by atoms with Gasteiger partial charge in [0.05, 0.1) is 10.8 Å². The van der Waals surface area contributed by atoms with Crippen LogP contribution in [-0.4, -0.2) is 28.0 Å².